The van der Waals surface area contributed by atoms with Crippen LogP contribution in [0.25, 0.3) is 0 Å². The Kier molecular flexibility index (Phi) is 4.54. The van der Waals surface area contributed by atoms with Crippen molar-refractivity contribution in [1.29, 1.82) is 0 Å². The quantitative estimate of drug-likeness (QED) is 0.806. The molecule has 1 atom stereocenters. The zero-order chi connectivity index (χ0) is 18.9. The topological polar surface area (TPSA) is 58.2 Å². The fourth-order valence-corrected chi connectivity index (χ4v) is 2.85. The number of hydrogen-bond donors (Lipinski definition) is 2. The number of carbonyl (C=O) groups is 2. The normalized spacial score (nSPS) is 17.5. The maximum Gasteiger partial charge on any atom is 0.416 e. The Hall–Kier alpha value is -3.09. The smallest absolute Gasteiger partial charge is 0.327 e. The molecule has 0 saturated heterocycles. The molecular weight excluding hydrogens is 345 g/mol. The highest BCUT2D eigenvalue weighted by Crippen LogP contribution is 2.33. The van der Waals surface area contributed by atoms with Gasteiger partial charge in [0.1, 0.15) is 0 Å². The summed E-state index contributed by atoms with van der Waals surface area (Å²) in [7, 11) is 0. The predicted octanol–water partition coefficient (Wildman–Crippen LogP) is 4.22. The van der Waals surface area contributed by atoms with E-state index in [1.54, 1.807) is 37.3 Å². The van der Waals surface area contributed by atoms with Gasteiger partial charge in [-0.2, -0.15) is 13.2 Å². The zero-order valence-electron chi connectivity index (χ0n) is 13.7. The van der Waals surface area contributed by atoms with E-state index >= 15 is 0 Å². The molecule has 3 rings (SSSR count). The van der Waals surface area contributed by atoms with Crippen molar-refractivity contribution in [2.24, 2.45) is 0 Å². The summed E-state index contributed by atoms with van der Waals surface area (Å²) in [4.78, 5) is 24.7. The van der Waals surface area contributed by atoms with Crippen molar-refractivity contribution in [2.45, 2.75) is 19.1 Å². The summed E-state index contributed by atoms with van der Waals surface area (Å²) in [6.45, 7) is 1.59. The third-order valence-corrected chi connectivity index (χ3v) is 4.12. The van der Waals surface area contributed by atoms with Crippen molar-refractivity contribution in [3.63, 3.8) is 0 Å². The van der Waals surface area contributed by atoms with Crippen LogP contribution < -0.4 is 10.6 Å². The number of allylic oxidation sites excluding steroid dienone is 1. The van der Waals surface area contributed by atoms with E-state index in [9.17, 15) is 22.8 Å². The molecule has 134 valence electrons. The summed E-state index contributed by atoms with van der Waals surface area (Å²) in [5.74, 6) is -0.305. The molecule has 0 spiro atoms. The van der Waals surface area contributed by atoms with Crippen LogP contribution >= 0.6 is 0 Å². The number of alkyl halides is 3. The van der Waals surface area contributed by atoms with Crippen LogP contribution in [0.15, 0.2) is 65.9 Å². The average molecular weight is 360 g/mol. The molecule has 0 bridgehead atoms. The number of carbonyl (C=O) groups excluding carboxylic acids is 2. The Morgan fingerprint density at radius 3 is 2.19 bits per heavy atom. The SMILES string of the molecule is CC1=C(C(=O)c2ccccc2)[C@H](c2ccc(C(F)(F)F)cc2)NC(=O)N1. The van der Waals surface area contributed by atoms with Gasteiger partial charge in [0.15, 0.2) is 5.78 Å². The molecule has 7 heteroatoms. The van der Waals surface area contributed by atoms with Crippen molar-refractivity contribution in [3.8, 4) is 0 Å². The van der Waals surface area contributed by atoms with Crippen LogP contribution in [0.2, 0.25) is 0 Å². The van der Waals surface area contributed by atoms with Gasteiger partial charge in [0.25, 0.3) is 0 Å². The number of benzene rings is 2. The molecule has 1 aliphatic rings. The van der Waals surface area contributed by atoms with Crippen molar-refractivity contribution < 1.29 is 22.8 Å². The van der Waals surface area contributed by atoms with Gasteiger partial charge in [-0.3, -0.25) is 4.79 Å². The van der Waals surface area contributed by atoms with Crippen LogP contribution in [0.5, 0.6) is 0 Å². The zero-order valence-corrected chi connectivity index (χ0v) is 13.7. The standard InChI is InChI=1S/C19H15F3N2O2/c1-11-15(17(25)13-5-3-2-4-6-13)16(24-18(26)23-11)12-7-9-14(10-8-12)19(20,21)22/h2-10,16H,1H3,(H2,23,24,26)/t16-/m0/s1. The van der Waals surface area contributed by atoms with E-state index in [1.165, 1.54) is 12.1 Å². The Morgan fingerprint density at radius 2 is 1.62 bits per heavy atom. The minimum absolute atomic E-state index is 0.288. The molecule has 0 aromatic heterocycles. The van der Waals surface area contributed by atoms with Gasteiger partial charge in [-0.05, 0) is 24.6 Å². The molecule has 4 nitrogen and oxygen atoms in total. The maximum atomic E-state index is 12.9. The van der Waals surface area contributed by atoms with Gasteiger partial charge in [-0.1, -0.05) is 42.5 Å². The van der Waals surface area contributed by atoms with Gasteiger partial charge in [0, 0.05) is 16.8 Å². The van der Waals surface area contributed by atoms with E-state index in [1.807, 2.05) is 0 Å². The molecule has 1 heterocycles. The lowest BCUT2D eigenvalue weighted by Crippen LogP contribution is -2.45. The van der Waals surface area contributed by atoms with Crippen LogP contribution in [0, 0.1) is 0 Å². The summed E-state index contributed by atoms with van der Waals surface area (Å²) in [6.07, 6.45) is -4.45. The van der Waals surface area contributed by atoms with Gasteiger partial charge < -0.3 is 10.6 Å². The van der Waals surface area contributed by atoms with Crippen LogP contribution in [-0.2, 0) is 6.18 Å². The highest BCUT2D eigenvalue weighted by Gasteiger charge is 2.33. The molecule has 2 N–H and O–H groups in total. The number of halogens is 3. The van der Waals surface area contributed by atoms with Crippen LogP contribution in [-0.4, -0.2) is 11.8 Å². The van der Waals surface area contributed by atoms with Crippen LogP contribution in [0.1, 0.15) is 34.5 Å². The Balaban J connectivity index is 2.02. The summed E-state index contributed by atoms with van der Waals surface area (Å²) in [5.41, 5.74) is 0.685. The molecular formula is C19H15F3N2O2. The first kappa shape index (κ1) is 17.7. The molecule has 0 aliphatic carbocycles. The Bertz CT molecular complexity index is 872. The number of Topliss-reactive ketones (excluding diaryl/α,β-unsaturated/α-hetero) is 1. The van der Waals surface area contributed by atoms with Crippen molar-refractivity contribution >= 4 is 11.8 Å². The van der Waals surface area contributed by atoms with Gasteiger partial charge in [0.2, 0.25) is 0 Å². The highest BCUT2D eigenvalue weighted by molar-refractivity contribution is 6.11. The lowest BCUT2D eigenvalue weighted by Gasteiger charge is -2.29. The van der Waals surface area contributed by atoms with Crippen molar-refractivity contribution in [3.05, 3.63) is 82.6 Å². The summed E-state index contributed by atoms with van der Waals surface area (Å²) in [5, 5.41) is 5.16. The number of amides is 2. The van der Waals surface area contributed by atoms with E-state index in [0.717, 1.165) is 12.1 Å². The second-order valence-corrected chi connectivity index (χ2v) is 5.89. The lowest BCUT2D eigenvalue weighted by molar-refractivity contribution is -0.137. The first-order valence-corrected chi connectivity index (χ1v) is 7.82. The monoisotopic (exact) mass is 360 g/mol. The van der Waals surface area contributed by atoms with E-state index < -0.39 is 23.8 Å². The molecule has 0 unspecified atom stereocenters. The Labute approximate surface area is 147 Å². The largest absolute Gasteiger partial charge is 0.416 e. The van der Waals surface area contributed by atoms with Crippen molar-refractivity contribution in [1.82, 2.24) is 10.6 Å². The minimum Gasteiger partial charge on any atom is -0.327 e. The molecule has 2 amide bonds. The fraction of sp³-hybridized carbons (Fsp3) is 0.158. The number of rotatable bonds is 3. The highest BCUT2D eigenvalue weighted by atomic mass is 19.4. The van der Waals surface area contributed by atoms with E-state index in [-0.39, 0.29) is 11.4 Å². The number of urea groups is 1. The van der Waals surface area contributed by atoms with Gasteiger partial charge in [0.05, 0.1) is 11.6 Å². The molecule has 0 saturated carbocycles. The molecule has 26 heavy (non-hydrogen) atoms. The third kappa shape index (κ3) is 3.46. The number of nitrogens with one attached hydrogen (secondary N) is 2. The van der Waals surface area contributed by atoms with E-state index in [4.69, 9.17) is 0 Å². The summed E-state index contributed by atoms with van der Waals surface area (Å²) >= 11 is 0. The van der Waals surface area contributed by atoms with Crippen LogP contribution in [0.3, 0.4) is 0 Å². The summed E-state index contributed by atoms with van der Waals surface area (Å²) < 4.78 is 38.3. The average Bonchev–Trinajstić information content (AvgIpc) is 2.61. The fourth-order valence-electron chi connectivity index (χ4n) is 2.85. The molecule has 0 radical (unpaired) electrons. The lowest BCUT2D eigenvalue weighted by atomic mass is 9.89. The van der Waals surface area contributed by atoms with E-state index in [0.29, 0.717) is 16.8 Å². The number of ketones is 1. The minimum atomic E-state index is -4.45. The molecule has 2 aromatic rings. The molecule has 0 fully saturated rings. The van der Waals surface area contributed by atoms with Gasteiger partial charge >= 0.3 is 12.2 Å². The second-order valence-electron chi connectivity index (χ2n) is 5.89. The first-order valence-electron chi connectivity index (χ1n) is 7.82. The van der Waals surface area contributed by atoms with E-state index in [2.05, 4.69) is 10.6 Å². The van der Waals surface area contributed by atoms with Crippen LogP contribution in [0.4, 0.5) is 18.0 Å². The van der Waals surface area contributed by atoms with Crippen molar-refractivity contribution in [2.75, 3.05) is 0 Å². The van der Waals surface area contributed by atoms with Gasteiger partial charge in [-0.25, -0.2) is 4.79 Å². The second kappa shape index (κ2) is 6.67. The Morgan fingerprint density at radius 1 is 1.00 bits per heavy atom. The first-order chi connectivity index (χ1) is 12.3. The third-order valence-electron chi connectivity index (χ3n) is 4.12. The number of hydrogen-bond acceptors (Lipinski definition) is 2. The van der Waals surface area contributed by atoms with Gasteiger partial charge in [-0.15, -0.1) is 0 Å². The molecule has 1 aliphatic heterocycles. The maximum absolute atomic E-state index is 12.9. The predicted molar refractivity (Wildman–Crippen MR) is 89.3 cm³/mol. The molecule has 2 aromatic carbocycles. The summed E-state index contributed by atoms with van der Waals surface area (Å²) in [6, 6.07) is 11.5.